The molecule has 2 aliphatic heterocycles. The van der Waals surface area contributed by atoms with Crippen molar-refractivity contribution in [3.05, 3.63) is 52.3 Å². The second-order valence-electron chi connectivity index (χ2n) is 9.01. The highest BCUT2D eigenvalue weighted by atomic mass is 16.5. The minimum absolute atomic E-state index is 0.00111. The van der Waals surface area contributed by atoms with Crippen LogP contribution in [0, 0.1) is 19.8 Å². The molecule has 148 valence electrons. The van der Waals surface area contributed by atoms with Crippen LogP contribution in [0.25, 0.3) is 0 Å². The first-order valence-electron chi connectivity index (χ1n) is 10.6. The van der Waals surface area contributed by atoms with Crippen molar-refractivity contribution in [2.24, 2.45) is 5.92 Å². The zero-order chi connectivity index (χ0) is 19.1. The number of fused-ring (bicyclic) bond motifs is 2. The molecule has 5 nitrogen and oxygen atoms in total. The Morgan fingerprint density at radius 1 is 1.25 bits per heavy atom. The first-order chi connectivity index (χ1) is 13.6. The number of benzene rings is 1. The van der Waals surface area contributed by atoms with Gasteiger partial charge in [0, 0.05) is 30.9 Å². The van der Waals surface area contributed by atoms with Crippen molar-refractivity contribution in [1.82, 2.24) is 14.9 Å². The van der Waals surface area contributed by atoms with Gasteiger partial charge in [0.1, 0.15) is 0 Å². The molecule has 1 spiro atoms. The van der Waals surface area contributed by atoms with Crippen LogP contribution in [-0.4, -0.2) is 41.1 Å². The Labute approximate surface area is 167 Å². The van der Waals surface area contributed by atoms with Crippen LogP contribution in [0.15, 0.2) is 24.3 Å². The van der Waals surface area contributed by atoms with E-state index in [0.717, 1.165) is 56.8 Å². The molecule has 1 aromatic heterocycles. The van der Waals surface area contributed by atoms with Crippen molar-refractivity contribution in [1.29, 1.82) is 0 Å². The standard InChI is InChI=1S/C23H30N4O/c1-16-4-3-5-19(10-16)12-27-9-8-23(14-27)15-28-13-20-17(2)25-22(26-21(20)23)24-11-18-6-7-18/h3-5,10,18H,6-9,11-15H2,1-2H3,(H,24,25,26). The summed E-state index contributed by atoms with van der Waals surface area (Å²) < 4.78 is 6.05. The maximum atomic E-state index is 6.05. The molecule has 2 fully saturated rings. The monoisotopic (exact) mass is 378 g/mol. The molecule has 0 amide bonds. The summed E-state index contributed by atoms with van der Waals surface area (Å²) in [6.07, 6.45) is 3.77. The number of nitrogens with one attached hydrogen (secondary N) is 1. The number of rotatable bonds is 5. The molecule has 3 aliphatic rings. The van der Waals surface area contributed by atoms with Crippen LogP contribution in [0.1, 0.15) is 47.3 Å². The van der Waals surface area contributed by atoms with Gasteiger partial charge in [0.2, 0.25) is 5.95 Å². The SMILES string of the molecule is Cc1cccc(CN2CCC3(COCc4c(C)nc(NCC5CC5)nc43)C2)c1. The van der Waals surface area contributed by atoms with E-state index in [0.29, 0.717) is 6.61 Å². The third-order valence-corrected chi connectivity index (χ3v) is 6.51. The Hall–Kier alpha value is -1.98. The van der Waals surface area contributed by atoms with E-state index in [4.69, 9.17) is 14.7 Å². The van der Waals surface area contributed by atoms with Gasteiger partial charge in [-0.15, -0.1) is 0 Å². The largest absolute Gasteiger partial charge is 0.376 e. The van der Waals surface area contributed by atoms with E-state index in [2.05, 4.69) is 48.3 Å². The Balaban J connectivity index is 1.38. The number of hydrogen-bond acceptors (Lipinski definition) is 5. The van der Waals surface area contributed by atoms with Gasteiger partial charge in [-0.3, -0.25) is 4.90 Å². The Morgan fingerprint density at radius 2 is 2.14 bits per heavy atom. The predicted molar refractivity (Wildman–Crippen MR) is 110 cm³/mol. The van der Waals surface area contributed by atoms with E-state index >= 15 is 0 Å². The second kappa shape index (κ2) is 7.12. The smallest absolute Gasteiger partial charge is 0.223 e. The molecule has 28 heavy (non-hydrogen) atoms. The second-order valence-corrected chi connectivity index (χ2v) is 9.01. The average Bonchev–Trinajstić information content (AvgIpc) is 3.43. The lowest BCUT2D eigenvalue weighted by Crippen LogP contribution is -2.41. The molecular weight excluding hydrogens is 348 g/mol. The summed E-state index contributed by atoms with van der Waals surface area (Å²) in [5, 5.41) is 3.48. The average molecular weight is 379 g/mol. The fourth-order valence-corrected chi connectivity index (χ4v) is 4.73. The van der Waals surface area contributed by atoms with Gasteiger partial charge < -0.3 is 10.1 Å². The number of likely N-dealkylation sites (tertiary alicyclic amines) is 1. The van der Waals surface area contributed by atoms with E-state index in [9.17, 15) is 0 Å². The number of anilines is 1. The summed E-state index contributed by atoms with van der Waals surface area (Å²) >= 11 is 0. The molecule has 1 saturated carbocycles. The highest BCUT2D eigenvalue weighted by molar-refractivity contribution is 5.40. The van der Waals surface area contributed by atoms with E-state index in [-0.39, 0.29) is 5.41 Å². The minimum Gasteiger partial charge on any atom is -0.376 e. The van der Waals surface area contributed by atoms with E-state index in [1.54, 1.807) is 0 Å². The van der Waals surface area contributed by atoms with Crippen LogP contribution in [0.3, 0.4) is 0 Å². The normalized spacial score (nSPS) is 24.5. The van der Waals surface area contributed by atoms with E-state index in [1.807, 2.05) is 0 Å². The molecule has 1 atom stereocenters. The highest BCUT2D eigenvalue weighted by Gasteiger charge is 2.45. The third-order valence-electron chi connectivity index (χ3n) is 6.51. The van der Waals surface area contributed by atoms with Gasteiger partial charge in [0.05, 0.1) is 24.3 Å². The predicted octanol–water partition coefficient (Wildman–Crippen LogP) is 3.59. The molecule has 1 saturated heterocycles. The molecule has 2 aromatic rings. The summed E-state index contributed by atoms with van der Waals surface area (Å²) in [6, 6.07) is 8.85. The summed E-state index contributed by atoms with van der Waals surface area (Å²) in [6.45, 7) is 9.77. The van der Waals surface area contributed by atoms with E-state index < -0.39 is 0 Å². The zero-order valence-electron chi connectivity index (χ0n) is 17.0. The first-order valence-corrected chi connectivity index (χ1v) is 10.6. The van der Waals surface area contributed by atoms with Gasteiger partial charge in [-0.05, 0) is 51.1 Å². The minimum atomic E-state index is 0.00111. The topological polar surface area (TPSA) is 50.3 Å². The molecule has 0 radical (unpaired) electrons. The van der Waals surface area contributed by atoms with Crippen molar-refractivity contribution in [2.75, 3.05) is 31.6 Å². The van der Waals surface area contributed by atoms with Gasteiger partial charge in [-0.1, -0.05) is 29.8 Å². The van der Waals surface area contributed by atoms with Gasteiger partial charge >= 0.3 is 0 Å². The van der Waals surface area contributed by atoms with Gasteiger partial charge in [-0.25, -0.2) is 9.97 Å². The summed E-state index contributed by atoms with van der Waals surface area (Å²) in [4.78, 5) is 12.3. The number of nitrogens with zero attached hydrogens (tertiary/aromatic N) is 3. The van der Waals surface area contributed by atoms with Crippen LogP contribution < -0.4 is 5.32 Å². The molecule has 1 aliphatic carbocycles. The van der Waals surface area contributed by atoms with Crippen molar-refractivity contribution < 1.29 is 4.74 Å². The lowest BCUT2D eigenvalue weighted by molar-refractivity contribution is 0.0498. The summed E-state index contributed by atoms with van der Waals surface area (Å²) in [7, 11) is 0. The molecule has 1 aromatic carbocycles. The van der Waals surface area contributed by atoms with E-state index in [1.165, 1.54) is 35.2 Å². The van der Waals surface area contributed by atoms with Crippen molar-refractivity contribution >= 4 is 5.95 Å². The number of aromatic nitrogens is 2. The molecule has 0 bridgehead atoms. The maximum absolute atomic E-state index is 6.05. The third kappa shape index (κ3) is 3.53. The summed E-state index contributed by atoms with van der Waals surface area (Å²) in [5.41, 5.74) is 6.23. The number of hydrogen-bond donors (Lipinski definition) is 1. The van der Waals surface area contributed by atoms with Gasteiger partial charge in [0.25, 0.3) is 0 Å². The van der Waals surface area contributed by atoms with Crippen LogP contribution in [0.2, 0.25) is 0 Å². The summed E-state index contributed by atoms with van der Waals surface area (Å²) in [5.74, 6) is 1.62. The van der Waals surface area contributed by atoms with Crippen molar-refractivity contribution in [3.8, 4) is 0 Å². The van der Waals surface area contributed by atoms with Gasteiger partial charge in [-0.2, -0.15) is 0 Å². The fourth-order valence-electron chi connectivity index (χ4n) is 4.73. The Bertz CT molecular complexity index is 879. The lowest BCUT2D eigenvalue weighted by Gasteiger charge is -2.35. The molecule has 1 unspecified atom stereocenters. The number of aryl methyl sites for hydroxylation is 2. The van der Waals surface area contributed by atoms with Crippen LogP contribution in [0.5, 0.6) is 0 Å². The lowest BCUT2D eigenvalue weighted by atomic mass is 9.80. The van der Waals surface area contributed by atoms with Crippen molar-refractivity contribution in [2.45, 2.75) is 51.7 Å². The van der Waals surface area contributed by atoms with Crippen LogP contribution >= 0.6 is 0 Å². The molecular formula is C23H30N4O. The molecule has 3 heterocycles. The molecule has 1 N–H and O–H groups in total. The quantitative estimate of drug-likeness (QED) is 0.862. The van der Waals surface area contributed by atoms with Crippen LogP contribution in [0.4, 0.5) is 5.95 Å². The zero-order valence-corrected chi connectivity index (χ0v) is 17.0. The molecule has 5 rings (SSSR count). The molecule has 5 heteroatoms. The fraction of sp³-hybridized carbons (Fsp3) is 0.565. The number of ether oxygens (including phenoxy) is 1. The van der Waals surface area contributed by atoms with Crippen molar-refractivity contribution in [3.63, 3.8) is 0 Å². The first kappa shape index (κ1) is 18.1. The van der Waals surface area contributed by atoms with Crippen LogP contribution in [-0.2, 0) is 23.3 Å². The highest BCUT2D eigenvalue weighted by Crippen LogP contribution is 2.40. The Kier molecular flexibility index (Phi) is 4.60. The Morgan fingerprint density at radius 3 is 2.96 bits per heavy atom. The maximum Gasteiger partial charge on any atom is 0.223 e. The van der Waals surface area contributed by atoms with Gasteiger partial charge in [0.15, 0.2) is 0 Å².